The maximum absolute atomic E-state index is 13.2. The second kappa shape index (κ2) is 9.41. The van der Waals surface area contributed by atoms with Gasteiger partial charge in [-0.05, 0) is 48.5 Å². The monoisotopic (exact) mass is 397 g/mol. The molecule has 0 atom stereocenters. The predicted octanol–water partition coefficient (Wildman–Crippen LogP) is 3.98. The molecular weight excluding hydrogens is 369 g/mol. The molecule has 29 heavy (non-hydrogen) atoms. The average Bonchev–Trinajstić information content (AvgIpc) is 3.17. The van der Waals surface area contributed by atoms with Gasteiger partial charge in [-0.3, -0.25) is 0 Å². The van der Waals surface area contributed by atoms with Gasteiger partial charge in [0.05, 0.1) is 7.11 Å². The molecule has 0 unspecified atom stereocenters. The molecule has 0 aliphatic carbocycles. The Hall–Kier alpha value is -3.09. The summed E-state index contributed by atoms with van der Waals surface area (Å²) in [6.45, 7) is 7.49. The van der Waals surface area contributed by atoms with E-state index in [1.54, 1.807) is 23.9 Å². The zero-order chi connectivity index (χ0) is 20.8. The van der Waals surface area contributed by atoms with Gasteiger partial charge in [0.1, 0.15) is 11.6 Å². The number of halogens is 1. The molecule has 4 rings (SSSR count). The Labute approximate surface area is 171 Å². The molecule has 3 aromatic rings. The Balaban J connectivity index is 0.00000117. The van der Waals surface area contributed by atoms with Gasteiger partial charge in [0, 0.05) is 44.5 Å². The van der Waals surface area contributed by atoms with E-state index in [2.05, 4.69) is 32.0 Å². The highest BCUT2D eigenvalue weighted by atomic mass is 19.1. The van der Waals surface area contributed by atoms with Gasteiger partial charge < -0.3 is 14.5 Å². The molecule has 1 fully saturated rings. The van der Waals surface area contributed by atoms with Gasteiger partial charge in [0.15, 0.2) is 5.82 Å². The highest BCUT2D eigenvalue weighted by Crippen LogP contribution is 2.24. The Morgan fingerprint density at radius 1 is 0.862 bits per heavy atom. The molecule has 1 aliphatic heterocycles. The fourth-order valence-electron chi connectivity index (χ4n) is 3.31. The number of methoxy groups -OCH3 is 1. The topological polar surface area (TPSA) is 46.4 Å². The van der Waals surface area contributed by atoms with E-state index in [0.717, 1.165) is 43.3 Å². The second-order valence-electron chi connectivity index (χ2n) is 6.54. The lowest BCUT2D eigenvalue weighted by Gasteiger charge is -2.35. The van der Waals surface area contributed by atoms with Crippen LogP contribution in [0.4, 0.5) is 16.0 Å². The summed E-state index contributed by atoms with van der Waals surface area (Å²) in [5.41, 5.74) is 2.05. The number of aromatic nitrogens is 3. The molecule has 0 bridgehead atoms. The lowest BCUT2D eigenvalue weighted by molar-refractivity contribution is 0.415. The third kappa shape index (κ3) is 4.67. The Kier molecular flexibility index (Phi) is 6.69. The summed E-state index contributed by atoms with van der Waals surface area (Å²) in [5, 5.41) is 4.56. The van der Waals surface area contributed by atoms with Crippen LogP contribution in [0.25, 0.3) is 11.4 Å². The van der Waals surface area contributed by atoms with Crippen molar-refractivity contribution in [3.63, 3.8) is 0 Å². The molecule has 1 aromatic heterocycles. The van der Waals surface area contributed by atoms with Gasteiger partial charge in [-0.2, -0.15) is 4.98 Å². The summed E-state index contributed by atoms with van der Waals surface area (Å²) >= 11 is 0. The van der Waals surface area contributed by atoms with Crippen molar-refractivity contribution in [1.29, 1.82) is 0 Å². The van der Waals surface area contributed by atoms with E-state index in [0.29, 0.717) is 5.95 Å². The van der Waals surface area contributed by atoms with Gasteiger partial charge in [-0.1, -0.05) is 13.8 Å². The Bertz CT molecular complexity index is 900. The standard InChI is InChI=1S/C20H22FN5O.C2H6/c1-24-19(15-3-5-16(21)6-4-15)22-20(23-24)26-13-11-25(12-14-26)17-7-9-18(27-2)10-8-17;1-2/h3-10H,11-14H2,1-2H3;1-2H3. The van der Waals surface area contributed by atoms with Crippen LogP contribution in [0.15, 0.2) is 48.5 Å². The zero-order valence-corrected chi connectivity index (χ0v) is 17.5. The first-order valence-electron chi connectivity index (χ1n) is 9.95. The first kappa shape index (κ1) is 20.6. The molecule has 0 radical (unpaired) electrons. The summed E-state index contributed by atoms with van der Waals surface area (Å²) < 4.78 is 20.1. The molecular formula is C22H28FN5O. The summed E-state index contributed by atoms with van der Waals surface area (Å²) in [6.07, 6.45) is 0. The normalized spacial score (nSPS) is 13.7. The van der Waals surface area contributed by atoms with E-state index in [1.807, 2.05) is 33.0 Å². The quantitative estimate of drug-likeness (QED) is 0.666. The van der Waals surface area contributed by atoms with E-state index < -0.39 is 0 Å². The maximum atomic E-state index is 13.2. The molecule has 2 heterocycles. The molecule has 1 aliphatic rings. The molecule has 0 saturated carbocycles. The number of piperazine rings is 1. The van der Waals surface area contributed by atoms with E-state index in [4.69, 9.17) is 4.74 Å². The van der Waals surface area contributed by atoms with Crippen molar-refractivity contribution in [3.05, 3.63) is 54.3 Å². The maximum Gasteiger partial charge on any atom is 0.245 e. The van der Waals surface area contributed by atoms with Crippen LogP contribution in [0.2, 0.25) is 0 Å². The predicted molar refractivity (Wildman–Crippen MR) is 115 cm³/mol. The van der Waals surface area contributed by atoms with Crippen LogP contribution in [0.3, 0.4) is 0 Å². The van der Waals surface area contributed by atoms with Crippen LogP contribution in [0.5, 0.6) is 5.75 Å². The smallest absolute Gasteiger partial charge is 0.245 e. The van der Waals surface area contributed by atoms with Crippen molar-refractivity contribution in [2.45, 2.75) is 13.8 Å². The summed E-state index contributed by atoms with van der Waals surface area (Å²) in [7, 11) is 3.54. The van der Waals surface area contributed by atoms with Gasteiger partial charge in [0.25, 0.3) is 0 Å². The minimum Gasteiger partial charge on any atom is -0.497 e. The van der Waals surface area contributed by atoms with Crippen LogP contribution in [0.1, 0.15) is 13.8 Å². The van der Waals surface area contributed by atoms with Crippen molar-refractivity contribution in [3.8, 4) is 17.1 Å². The highest BCUT2D eigenvalue weighted by Gasteiger charge is 2.21. The minimum absolute atomic E-state index is 0.254. The van der Waals surface area contributed by atoms with Gasteiger partial charge >= 0.3 is 0 Å². The fraction of sp³-hybridized carbons (Fsp3) is 0.364. The van der Waals surface area contributed by atoms with E-state index in [1.165, 1.54) is 17.8 Å². The molecule has 0 N–H and O–H groups in total. The molecule has 0 spiro atoms. The van der Waals surface area contributed by atoms with Crippen molar-refractivity contribution < 1.29 is 9.13 Å². The van der Waals surface area contributed by atoms with Gasteiger partial charge in [0.2, 0.25) is 5.95 Å². The number of ether oxygens (including phenoxy) is 1. The largest absolute Gasteiger partial charge is 0.497 e. The first-order valence-corrected chi connectivity index (χ1v) is 9.95. The van der Waals surface area contributed by atoms with Gasteiger partial charge in [-0.15, -0.1) is 5.10 Å². The fourth-order valence-corrected chi connectivity index (χ4v) is 3.31. The molecule has 2 aromatic carbocycles. The van der Waals surface area contributed by atoms with Crippen LogP contribution >= 0.6 is 0 Å². The number of hydrogen-bond acceptors (Lipinski definition) is 5. The number of benzene rings is 2. The average molecular weight is 397 g/mol. The van der Waals surface area contributed by atoms with Crippen molar-refractivity contribution in [2.75, 3.05) is 43.1 Å². The lowest BCUT2D eigenvalue weighted by Crippen LogP contribution is -2.47. The number of rotatable bonds is 4. The van der Waals surface area contributed by atoms with Crippen molar-refractivity contribution in [1.82, 2.24) is 14.8 Å². The number of hydrogen-bond donors (Lipinski definition) is 0. The summed E-state index contributed by atoms with van der Waals surface area (Å²) in [6, 6.07) is 14.5. The minimum atomic E-state index is -0.254. The lowest BCUT2D eigenvalue weighted by atomic mass is 10.2. The Morgan fingerprint density at radius 2 is 1.45 bits per heavy atom. The zero-order valence-electron chi connectivity index (χ0n) is 17.5. The van der Waals surface area contributed by atoms with Crippen LogP contribution in [-0.2, 0) is 7.05 Å². The van der Waals surface area contributed by atoms with Gasteiger partial charge in [-0.25, -0.2) is 9.07 Å². The number of anilines is 2. The molecule has 0 amide bonds. The molecule has 7 heteroatoms. The molecule has 154 valence electrons. The van der Waals surface area contributed by atoms with E-state index in [9.17, 15) is 4.39 Å². The van der Waals surface area contributed by atoms with Crippen LogP contribution in [0, 0.1) is 5.82 Å². The third-order valence-electron chi connectivity index (χ3n) is 4.85. The Morgan fingerprint density at radius 3 is 2.03 bits per heavy atom. The van der Waals surface area contributed by atoms with Crippen molar-refractivity contribution in [2.24, 2.45) is 7.05 Å². The third-order valence-corrected chi connectivity index (χ3v) is 4.85. The number of nitrogens with zero attached hydrogens (tertiary/aromatic N) is 5. The van der Waals surface area contributed by atoms with E-state index >= 15 is 0 Å². The summed E-state index contributed by atoms with van der Waals surface area (Å²) in [5.74, 6) is 2.06. The molecule has 6 nitrogen and oxygen atoms in total. The highest BCUT2D eigenvalue weighted by molar-refractivity contribution is 5.57. The van der Waals surface area contributed by atoms with Crippen LogP contribution < -0.4 is 14.5 Å². The van der Waals surface area contributed by atoms with Crippen molar-refractivity contribution >= 4 is 11.6 Å². The molecule has 1 saturated heterocycles. The summed E-state index contributed by atoms with van der Waals surface area (Å²) in [4.78, 5) is 9.21. The van der Waals surface area contributed by atoms with Crippen LogP contribution in [-0.4, -0.2) is 48.1 Å². The van der Waals surface area contributed by atoms with E-state index in [-0.39, 0.29) is 5.82 Å². The number of aryl methyl sites for hydroxylation is 1. The first-order chi connectivity index (χ1) is 14.1. The second-order valence-corrected chi connectivity index (χ2v) is 6.54. The SMILES string of the molecule is CC.COc1ccc(N2CCN(c3nc(-c4ccc(F)cc4)n(C)n3)CC2)cc1.